The molecule has 0 saturated carbocycles. The Morgan fingerprint density at radius 1 is 1.38 bits per heavy atom. The van der Waals surface area contributed by atoms with Crippen molar-refractivity contribution in [2.24, 2.45) is 0 Å². The van der Waals surface area contributed by atoms with Crippen molar-refractivity contribution < 1.29 is 9.47 Å². The van der Waals surface area contributed by atoms with Crippen molar-refractivity contribution in [2.45, 2.75) is 19.9 Å². The van der Waals surface area contributed by atoms with Crippen molar-refractivity contribution in [3.8, 4) is 11.5 Å². The smallest absolute Gasteiger partial charge is 0.260 e. The largest absolute Gasteiger partial charge is 0.493 e. The van der Waals surface area contributed by atoms with Crippen molar-refractivity contribution in [3.05, 3.63) is 22.2 Å². The molecule has 0 atom stereocenters. The predicted molar refractivity (Wildman–Crippen MR) is 81.8 cm³/mol. The first-order valence-electron chi connectivity index (χ1n) is 6.42. The van der Waals surface area contributed by atoms with Crippen LogP contribution < -0.4 is 20.6 Å². The SMILES string of the molecule is CCCOc1cc(Br)c(CNn2nnnc2N)cc1OC. The number of nitrogen functional groups attached to an aromatic ring is 1. The molecule has 0 unspecified atom stereocenters. The molecule has 2 aromatic rings. The molecule has 21 heavy (non-hydrogen) atoms. The topological polar surface area (TPSA) is 100 Å². The highest BCUT2D eigenvalue weighted by atomic mass is 79.9. The van der Waals surface area contributed by atoms with Crippen LogP contribution in [0.2, 0.25) is 0 Å². The summed E-state index contributed by atoms with van der Waals surface area (Å²) in [4.78, 5) is 1.31. The molecule has 0 bridgehead atoms. The number of nitrogens with one attached hydrogen (secondary N) is 1. The fraction of sp³-hybridized carbons (Fsp3) is 0.417. The molecule has 2 rings (SSSR count). The summed E-state index contributed by atoms with van der Waals surface area (Å²) in [5.41, 5.74) is 9.54. The number of nitrogens with two attached hydrogens (primary N) is 1. The molecular weight excluding hydrogens is 340 g/mol. The molecule has 0 amide bonds. The molecule has 0 aliphatic rings. The summed E-state index contributed by atoms with van der Waals surface area (Å²) in [7, 11) is 1.61. The number of rotatable bonds is 7. The van der Waals surface area contributed by atoms with E-state index in [1.165, 1.54) is 4.79 Å². The monoisotopic (exact) mass is 356 g/mol. The lowest BCUT2D eigenvalue weighted by molar-refractivity contribution is 0.294. The third kappa shape index (κ3) is 3.75. The molecule has 0 spiro atoms. The van der Waals surface area contributed by atoms with Crippen LogP contribution >= 0.6 is 15.9 Å². The number of benzene rings is 1. The van der Waals surface area contributed by atoms with Crippen molar-refractivity contribution >= 4 is 21.9 Å². The molecule has 1 aromatic carbocycles. The number of tetrazole rings is 1. The molecule has 0 saturated heterocycles. The van der Waals surface area contributed by atoms with Gasteiger partial charge in [-0.2, -0.15) is 0 Å². The summed E-state index contributed by atoms with van der Waals surface area (Å²) in [6.07, 6.45) is 0.933. The van der Waals surface area contributed by atoms with E-state index in [-0.39, 0.29) is 5.95 Å². The van der Waals surface area contributed by atoms with Crippen molar-refractivity contribution in [2.75, 3.05) is 24.9 Å². The molecular formula is C12H17BrN6O2. The maximum atomic E-state index is 5.65. The Balaban J connectivity index is 2.14. The van der Waals surface area contributed by atoms with Crippen LogP contribution in [0, 0.1) is 0 Å². The van der Waals surface area contributed by atoms with Crippen molar-refractivity contribution in [3.63, 3.8) is 0 Å². The molecule has 1 heterocycles. The van der Waals surface area contributed by atoms with E-state index in [4.69, 9.17) is 15.2 Å². The second-order valence-corrected chi connectivity index (χ2v) is 5.08. The van der Waals surface area contributed by atoms with E-state index >= 15 is 0 Å². The van der Waals surface area contributed by atoms with Gasteiger partial charge in [0.1, 0.15) is 0 Å². The van der Waals surface area contributed by atoms with E-state index in [0.717, 1.165) is 16.5 Å². The summed E-state index contributed by atoms with van der Waals surface area (Å²) in [6, 6.07) is 3.77. The average Bonchev–Trinajstić information content (AvgIpc) is 2.89. The van der Waals surface area contributed by atoms with Gasteiger partial charge in [0.15, 0.2) is 11.5 Å². The average molecular weight is 357 g/mol. The molecule has 0 radical (unpaired) electrons. The number of ether oxygens (including phenoxy) is 2. The van der Waals surface area contributed by atoms with E-state index in [1.807, 2.05) is 12.1 Å². The summed E-state index contributed by atoms with van der Waals surface area (Å²) in [5, 5.41) is 10.8. The summed E-state index contributed by atoms with van der Waals surface area (Å²) >= 11 is 3.52. The third-order valence-electron chi connectivity index (χ3n) is 2.71. The Bertz CT molecular complexity index is 603. The second-order valence-electron chi connectivity index (χ2n) is 4.23. The highest BCUT2D eigenvalue weighted by molar-refractivity contribution is 9.10. The second kappa shape index (κ2) is 7.11. The molecule has 114 valence electrons. The molecule has 3 N–H and O–H groups in total. The van der Waals surface area contributed by atoms with Gasteiger partial charge in [-0.25, -0.2) is 0 Å². The number of hydrogen-bond acceptors (Lipinski definition) is 7. The van der Waals surface area contributed by atoms with E-state index in [0.29, 0.717) is 24.7 Å². The molecule has 1 aromatic heterocycles. The van der Waals surface area contributed by atoms with Crippen LogP contribution in [0.25, 0.3) is 0 Å². The summed E-state index contributed by atoms with van der Waals surface area (Å²) in [5.74, 6) is 1.58. The standard InChI is InChI=1S/C12H17BrN6O2/c1-3-4-21-11-6-9(13)8(5-10(11)20-2)7-15-19-12(14)16-17-18-19/h5-6,15H,3-4,7H2,1-2H3,(H2,14,16,18). The molecule has 0 aliphatic heterocycles. The Hall–Kier alpha value is -2.03. The maximum Gasteiger partial charge on any atom is 0.260 e. The van der Waals surface area contributed by atoms with Gasteiger partial charge in [0.05, 0.1) is 20.3 Å². The van der Waals surface area contributed by atoms with Gasteiger partial charge in [0.2, 0.25) is 0 Å². The van der Waals surface area contributed by atoms with Crippen LogP contribution in [-0.2, 0) is 6.54 Å². The first-order valence-corrected chi connectivity index (χ1v) is 7.22. The fourth-order valence-electron chi connectivity index (χ4n) is 1.66. The highest BCUT2D eigenvalue weighted by Gasteiger charge is 2.11. The minimum Gasteiger partial charge on any atom is -0.493 e. The van der Waals surface area contributed by atoms with E-state index in [1.54, 1.807) is 7.11 Å². The fourth-order valence-corrected chi connectivity index (χ4v) is 2.13. The minimum atomic E-state index is 0.195. The van der Waals surface area contributed by atoms with Gasteiger partial charge in [0.25, 0.3) is 5.95 Å². The number of nitrogens with zero attached hydrogens (tertiary/aromatic N) is 4. The van der Waals surface area contributed by atoms with E-state index in [2.05, 4.69) is 43.8 Å². The maximum absolute atomic E-state index is 5.65. The zero-order valence-electron chi connectivity index (χ0n) is 11.8. The predicted octanol–water partition coefficient (Wildman–Crippen LogP) is 1.56. The first-order chi connectivity index (χ1) is 10.2. The lowest BCUT2D eigenvalue weighted by atomic mass is 10.2. The zero-order valence-corrected chi connectivity index (χ0v) is 13.4. The zero-order chi connectivity index (χ0) is 15.2. The van der Waals surface area contributed by atoms with Crippen LogP contribution in [0.15, 0.2) is 16.6 Å². The van der Waals surface area contributed by atoms with Crippen LogP contribution in [0.5, 0.6) is 11.5 Å². The third-order valence-corrected chi connectivity index (χ3v) is 3.45. The van der Waals surface area contributed by atoms with Gasteiger partial charge in [-0.3, -0.25) is 0 Å². The minimum absolute atomic E-state index is 0.195. The Morgan fingerprint density at radius 2 is 2.19 bits per heavy atom. The number of anilines is 1. The van der Waals surface area contributed by atoms with Gasteiger partial charge in [0, 0.05) is 4.47 Å². The first kappa shape index (κ1) is 15.4. The molecule has 0 fully saturated rings. The van der Waals surface area contributed by atoms with Crippen LogP contribution in [-0.4, -0.2) is 34.0 Å². The van der Waals surface area contributed by atoms with Gasteiger partial charge in [-0.15, -0.1) is 4.79 Å². The molecule has 0 aliphatic carbocycles. The number of hydrogen-bond donors (Lipinski definition) is 2. The van der Waals surface area contributed by atoms with Gasteiger partial charge >= 0.3 is 0 Å². The van der Waals surface area contributed by atoms with Gasteiger partial charge < -0.3 is 20.6 Å². The van der Waals surface area contributed by atoms with E-state index < -0.39 is 0 Å². The van der Waals surface area contributed by atoms with E-state index in [9.17, 15) is 0 Å². The Kier molecular flexibility index (Phi) is 5.20. The molecule has 9 heteroatoms. The Morgan fingerprint density at radius 3 is 2.81 bits per heavy atom. The summed E-state index contributed by atoms with van der Waals surface area (Å²) < 4.78 is 11.9. The van der Waals surface area contributed by atoms with Gasteiger partial charge in [-0.1, -0.05) is 28.0 Å². The van der Waals surface area contributed by atoms with Gasteiger partial charge in [-0.05, 0) is 34.5 Å². The molecule has 8 nitrogen and oxygen atoms in total. The van der Waals surface area contributed by atoms with Crippen molar-refractivity contribution in [1.29, 1.82) is 0 Å². The number of methoxy groups -OCH3 is 1. The lowest BCUT2D eigenvalue weighted by Gasteiger charge is -2.14. The van der Waals surface area contributed by atoms with Crippen LogP contribution in [0.3, 0.4) is 0 Å². The Labute approximate surface area is 130 Å². The lowest BCUT2D eigenvalue weighted by Crippen LogP contribution is -2.18. The number of aromatic nitrogens is 4. The van der Waals surface area contributed by atoms with Crippen molar-refractivity contribution in [1.82, 2.24) is 20.3 Å². The normalized spacial score (nSPS) is 10.4. The summed E-state index contributed by atoms with van der Waals surface area (Å²) in [6.45, 7) is 3.16. The quantitative estimate of drug-likeness (QED) is 0.776. The number of halogens is 1. The van der Waals surface area contributed by atoms with Crippen LogP contribution in [0.1, 0.15) is 18.9 Å². The van der Waals surface area contributed by atoms with Crippen LogP contribution in [0.4, 0.5) is 5.95 Å². The highest BCUT2D eigenvalue weighted by Crippen LogP contribution is 2.33.